The van der Waals surface area contributed by atoms with Gasteiger partial charge in [0.15, 0.2) is 0 Å². The molecule has 160 valence electrons. The molecule has 0 fully saturated rings. The molecule has 1 N–H and O–H groups in total. The lowest BCUT2D eigenvalue weighted by Crippen LogP contribution is -2.33. The van der Waals surface area contributed by atoms with E-state index in [0.29, 0.717) is 24.6 Å². The Morgan fingerprint density at radius 2 is 1.78 bits per heavy atom. The van der Waals surface area contributed by atoms with Gasteiger partial charge in [0.2, 0.25) is 11.9 Å². The van der Waals surface area contributed by atoms with Crippen LogP contribution in [0.5, 0.6) is 0 Å². The fourth-order valence-corrected chi connectivity index (χ4v) is 4.15. The number of halogens is 1. The van der Waals surface area contributed by atoms with Gasteiger partial charge in [0, 0.05) is 12.2 Å². The van der Waals surface area contributed by atoms with Crippen LogP contribution in [0.3, 0.4) is 0 Å². The van der Waals surface area contributed by atoms with Crippen molar-refractivity contribution in [2.75, 3.05) is 16.8 Å². The number of nitrogens with one attached hydrogen (secondary N) is 1. The summed E-state index contributed by atoms with van der Waals surface area (Å²) in [7, 11) is 0. The minimum Gasteiger partial charge on any atom is -0.326 e. The minimum atomic E-state index is -0.707. The number of benzene rings is 3. The molecule has 1 aliphatic heterocycles. The van der Waals surface area contributed by atoms with Crippen molar-refractivity contribution in [1.29, 1.82) is 0 Å². The molecule has 0 saturated heterocycles. The number of carbonyl (C=O) groups excluding carboxylic acids is 2. The molecular weight excluding hydrogens is 407 g/mol. The van der Waals surface area contributed by atoms with E-state index < -0.39 is 11.9 Å². The largest absolute Gasteiger partial charge is 0.326 e. The van der Waals surface area contributed by atoms with Crippen LogP contribution in [0.1, 0.15) is 18.0 Å². The monoisotopic (exact) mass is 428 g/mol. The Hall–Kier alpha value is -4.00. The molecule has 0 radical (unpaired) electrons. The molecule has 0 bridgehead atoms. The third-order valence-electron chi connectivity index (χ3n) is 5.64. The fraction of sp³-hybridized carbons (Fsp3) is 0.160. The fourth-order valence-electron chi connectivity index (χ4n) is 4.15. The third kappa shape index (κ3) is 3.73. The highest BCUT2D eigenvalue weighted by Gasteiger charge is 2.40. The van der Waals surface area contributed by atoms with Gasteiger partial charge >= 0.3 is 0 Å². The van der Waals surface area contributed by atoms with E-state index in [9.17, 15) is 14.0 Å². The van der Waals surface area contributed by atoms with Crippen molar-refractivity contribution in [3.05, 3.63) is 90.2 Å². The first-order valence-electron chi connectivity index (χ1n) is 10.5. The van der Waals surface area contributed by atoms with E-state index in [-0.39, 0.29) is 18.2 Å². The van der Waals surface area contributed by atoms with Crippen LogP contribution in [0.4, 0.5) is 16.0 Å². The normalized spacial score (nSPS) is 15.2. The van der Waals surface area contributed by atoms with E-state index in [4.69, 9.17) is 0 Å². The molecule has 6 nitrogen and oxygen atoms in total. The topological polar surface area (TPSA) is 67.2 Å². The predicted molar refractivity (Wildman–Crippen MR) is 121 cm³/mol. The van der Waals surface area contributed by atoms with Crippen molar-refractivity contribution in [3.63, 3.8) is 0 Å². The van der Waals surface area contributed by atoms with Crippen LogP contribution in [0, 0.1) is 5.82 Å². The molecule has 32 heavy (non-hydrogen) atoms. The standard InChI is InChI=1S/C25H21FN4O2/c26-18-9-6-10-19(15-18)27-23(31)16-22-24(32)29(14-13-17-7-2-1-3-8-17)25-28-20-11-4-5-12-21(20)30(22)25/h1-12,15,22H,13-14,16H2,(H,27,31). The molecule has 0 saturated carbocycles. The molecule has 7 heteroatoms. The number of fused-ring (bicyclic) bond motifs is 3. The first kappa shape index (κ1) is 19.9. The number of nitrogens with zero attached hydrogens (tertiary/aromatic N) is 3. The van der Waals surface area contributed by atoms with Crippen LogP contribution in [0.15, 0.2) is 78.9 Å². The SMILES string of the molecule is O=C(CC1C(=O)N(CCc2ccccc2)c2nc3ccccc3n21)Nc1cccc(F)c1. The minimum absolute atomic E-state index is 0.0649. The second-order valence-corrected chi connectivity index (χ2v) is 7.77. The van der Waals surface area contributed by atoms with E-state index in [1.165, 1.54) is 18.2 Å². The molecule has 3 aromatic carbocycles. The molecule has 1 atom stereocenters. The number of amides is 2. The summed E-state index contributed by atoms with van der Waals surface area (Å²) in [6.07, 6.45) is 0.614. The lowest BCUT2D eigenvalue weighted by atomic mass is 10.1. The van der Waals surface area contributed by atoms with Gasteiger partial charge in [-0.2, -0.15) is 0 Å². The van der Waals surface area contributed by atoms with E-state index in [0.717, 1.165) is 16.6 Å². The quantitative estimate of drug-likeness (QED) is 0.497. The number of hydrogen-bond donors (Lipinski definition) is 1. The Morgan fingerprint density at radius 3 is 2.59 bits per heavy atom. The van der Waals surface area contributed by atoms with Crippen molar-refractivity contribution in [1.82, 2.24) is 9.55 Å². The second-order valence-electron chi connectivity index (χ2n) is 7.77. The van der Waals surface area contributed by atoms with E-state index in [1.807, 2.05) is 59.2 Å². The van der Waals surface area contributed by atoms with E-state index in [2.05, 4.69) is 10.3 Å². The van der Waals surface area contributed by atoms with Crippen LogP contribution in [0.2, 0.25) is 0 Å². The lowest BCUT2D eigenvalue weighted by Gasteiger charge is -2.16. The van der Waals surface area contributed by atoms with E-state index >= 15 is 0 Å². The Bertz CT molecular complexity index is 1300. The number of rotatable bonds is 6. The summed E-state index contributed by atoms with van der Waals surface area (Å²) in [5.74, 6) is -0.406. The summed E-state index contributed by atoms with van der Waals surface area (Å²) in [4.78, 5) is 32.4. The van der Waals surface area contributed by atoms with Gasteiger partial charge in [0.25, 0.3) is 5.91 Å². The maximum Gasteiger partial charge on any atom is 0.253 e. The van der Waals surface area contributed by atoms with Crippen LogP contribution >= 0.6 is 0 Å². The molecule has 0 aliphatic carbocycles. The molecule has 4 aromatic rings. The Kier molecular flexibility index (Phi) is 5.15. The van der Waals surface area contributed by atoms with Crippen LogP contribution < -0.4 is 10.2 Å². The van der Waals surface area contributed by atoms with Crippen LogP contribution in [-0.2, 0) is 16.0 Å². The maximum atomic E-state index is 13.5. The average molecular weight is 428 g/mol. The van der Waals surface area contributed by atoms with Crippen molar-refractivity contribution >= 4 is 34.5 Å². The van der Waals surface area contributed by atoms with Crippen molar-refractivity contribution in [2.24, 2.45) is 0 Å². The summed E-state index contributed by atoms with van der Waals surface area (Å²) in [5.41, 5.74) is 3.06. The zero-order chi connectivity index (χ0) is 22.1. The van der Waals surface area contributed by atoms with Crippen molar-refractivity contribution in [2.45, 2.75) is 18.9 Å². The zero-order valence-electron chi connectivity index (χ0n) is 17.2. The Balaban J connectivity index is 1.42. The highest BCUT2D eigenvalue weighted by molar-refractivity contribution is 6.05. The van der Waals surface area contributed by atoms with Crippen LogP contribution in [0.25, 0.3) is 11.0 Å². The summed E-state index contributed by atoms with van der Waals surface area (Å²) in [6, 6.07) is 22.5. The molecule has 0 spiro atoms. The average Bonchev–Trinajstić information content (AvgIpc) is 3.28. The van der Waals surface area contributed by atoms with Crippen molar-refractivity contribution in [3.8, 4) is 0 Å². The molecular formula is C25H21FN4O2. The van der Waals surface area contributed by atoms with Gasteiger partial charge in [-0.15, -0.1) is 0 Å². The number of para-hydroxylation sites is 2. The highest BCUT2D eigenvalue weighted by atomic mass is 19.1. The summed E-state index contributed by atoms with van der Waals surface area (Å²) in [6.45, 7) is 0.466. The summed E-state index contributed by atoms with van der Waals surface area (Å²) in [5, 5.41) is 2.69. The van der Waals surface area contributed by atoms with Gasteiger partial charge in [0.05, 0.1) is 17.5 Å². The smallest absolute Gasteiger partial charge is 0.253 e. The first-order chi connectivity index (χ1) is 15.6. The second kappa shape index (κ2) is 8.26. The molecule has 1 unspecified atom stereocenters. The third-order valence-corrected chi connectivity index (χ3v) is 5.64. The molecule has 1 aliphatic rings. The zero-order valence-corrected chi connectivity index (χ0v) is 17.2. The van der Waals surface area contributed by atoms with Gasteiger partial charge in [-0.1, -0.05) is 48.5 Å². The predicted octanol–water partition coefficient (Wildman–Crippen LogP) is 4.33. The summed E-state index contributed by atoms with van der Waals surface area (Å²) < 4.78 is 15.3. The molecule has 2 amide bonds. The van der Waals surface area contributed by atoms with Gasteiger partial charge in [-0.05, 0) is 42.3 Å². The van der Waals surface area contributed by atoms with Gasteiger partial charge in [-0.25, -0.2) is 9.37 Å². The summed E-state index contributed by atoms with van der Waals surface area (Å²) >= 11 is 0. The highest BCUT2D eigenvalue weighted by Crippen LogP contribution is 2.36. The molecule has 5 rings (SSSR count). The Labute approximate surface area is 184 Å². The number of aromatic nitrogens is 2. The number of hydrogen-bond acceptors (Lipinski definition) is 3. The number of anilines is 2. The number of carbonyl (C=O) groups is 2. The molecule has 1 aromatic heterocycles. The number of imidazole rings is 1. The van der Waals surface area contributed by atoms with Crippen LogP contribution in [-0.4, -0.2) is 27.9 Å². The maximum absolute atomic E-state index is 13.5. The molecule has 2 heterocycles. The van der Waals surface area contributed by atoms with Gasteiger partial charge in [-0.3, -0.25) is 19.1 Å². The van der Waals surface area contributed by atoms with Gasteiger partial charge in [0.1, 0.15) is 11.9 Å². The first-order valence-corrected chi connectivity index (χ1v) is 10.5. The van der Waals surface area contributed by atoms with Crippen molar-refractivity contribution < 1.29 is 14.0 Å². The van der Waals surface area contributed by atoms with Gasteiger partial charge < -0.3 is 5.32 Å². The Morgan fingerprint density at radius 1 is 1.00 bits per heavy atom. The lowest BCUT2D eigenvalue weighted by molar-refractivity contribution is -0.124. The van der Waals surface area contributed by atoms with E-state index in [1.54, 1.807) is 11.0 Å².